The standard InChI is InChI=1S/C13H7Cl2N5O4S/c14-11-18-12(15)20-13(19-11)17-6-1-2-7-5(3-6)4-8(25-24-23-22)9(16)10(7)21/h1-4,16,22H,(H,17,18,19,20). The number of nitrogens with one attached hydrogen (secondary N) is 2. The topological polar surface area (TPSA) is 130 Å². The number of benzene rings is 1. The van der Waals surface area contributed by atoms with Crippen LogP contribution in [-0.2, 0) is 9.37 Å². The zero-order valence-corrected chi connectivity index (χ0v) is 14.3. The highest BCUT2D eigenvalue weighted by Crippen LogP contribution is 2.31. The molecule has 0 aliphatic heterocycles. The molecular formula is C13H7Cl2N5O4S. The molecule has 1 aromatic carbocycles. The van der Waals surface area contributed by atoms with Gasteiger partial charge in [-0.15, -0.1) is 4.33 Å². The maximum absolute atomic E-state index is 12.2. The summed E-state index contributed by atoms with van der Waals surface area (Å²) in [6, 6.07) is 4.82. The Morgan fingerprint density at radius 2 is 1.92 bits per heavy atom. The van der Waals surface area contributed by atoms with Crippen molar-refractivity contribution in [3.05, 3.63) is 44.8 Å². The molecule has 0 unspecified atom stereocenters. The summed E-state index contributed by atoms with van der Waals surface area (Å²) in [5.41, 5.74) is 1.15. The second-order valence-electron chi connectivity index (χ2n) is 4.56. The van der Waals surface area contributed by atoms with E-state index in [1.54, 1.807) is 24.3 Å². The highest BCUT2D eigenvalue weighted by Gasteiger charge is 2.25. The second kappa shape index (κ2) is 7.44. The molecule has 0 radical (unpaired) electrons. The Morgan fingerprint density at radius 3 is 2.60 bits per heavy atom. The third-order valence-corrected chi connectivity index (χ3v) is 4.02. The Hall–Kier alpha value is -2.08. The van der Waals surface area contributed by atoms with Gasteiger partial charge in [0.1, 0.15) is 5.71 Å². The third kappa shape index (κ3) is 3.95. The Kier molecular flexibility index (Phi) is 5.27. The van der Waals surface area contributed by atoms with Gasteiger partial charge in [0.15, 0.2) is 0 Å². The molecule has 25 heavy (non-hydrogen) atoms. The fraction of sp³-hybridized carbons (Fsp3) is 0. The summed E-state index contributed by atoms with van der Waals surface area (Å²) in [6.45, 7) is 0. The molecule has 1 aliphatic carbocycles. The van der Waals surface area contributed by atoms with Crippen molar-refractivity contribution in [3.63, 3.8) is 0 Å². The van der Waals surface area contributed by atoms with Gasteiger partial charge in [0, 0.05) is 11.3 Å². The van der Waals surface area contributed by atoms with E-state index in [1.807, 2.05) is 0 Å². The average molecular weight is 400 g/mol. The lowest BCUT2D eigenvalue weighted by Crippen LogP contribution is -2.19. The quantitative estimate of drug-likeness (QED) is 0.392. The number of anilines is 2. The highest BCUT2D eigenvalue weighted by molar-refractivity contribution is 7.99. The summed E-state index contributed by atoms with van der Waals surface area (Å²) in [7, 11) is 0. The lowest BCUT2D eigenvalue weighted by atomic mass is 9.94. The van der Waals surface area contributed by atoms with Crippen LogP contribution in [0, 0.1) is 5.41 Å². The molecule has 2 aromatic rings. The van der Waals surface area contributed by atoms with Gasteiger partial charge in [0.2, 0.25) is 22.3 Å². The molecule has 0 bridgehead atoms. The van der Waals surface area contributed by atoms with Crippen molar-refractivity contribution >= 4 is 64.5 Å². The molecule has 1 aliphatic rings. The first kappa shape index (κ1) is 17.7. The van der Waals surface area contributed by atoms with Gasteiger partial charge in [-0.05, 0) is 53.0 Å². The SMILES string of the molecule is N=C1C(=O)c2ccc(Nc3nc(Cl)nc(Cl)n3)cc2C=C1SOOO. The van der Waals surface area contributed by atoms with Gasteiger partial charge in [-0.3, -0.25) is 10.2 Å². The maximum Gasteiger partial charge on any atom is 0.232 e. The number of halogens is 2. The predicted octanol–water partition coefficient (Wildman–Crippen LogP) is 3.55. The van der Waals surface area contributed by atoms with Gasteiger partial charge in [-0.2, -0.15) is 15.0 Å². The van der Waals surface area contributed by atoms with Crippen molar-refractivity contribution in [3.8, 4) is 0 Å². The number of rotatable bonds is 5. The lowest BCUT2D eigenvalue weighted by Gasteiger charge is -2.16. The molecule has 12 heteroatoms. The van der Waals surface area contributed by atoms with E-state index in [0.717, 1.165) is 0 Å². The molecular weight excluding hydrogens is 393 g/mol. The smallest absolute Gasteiger partial charge is 0.232 e. The van der Waals surface area contributed by atoms with Crippen LogP contribution in [0.5, 0.6) is 0 Å². The van der Waals surface area contributed by atoms with Gasteiger partial charge >= 0.3 is 0 Å². The van der Waals surface area contributed by atoms with Crippen molar-refractivity contribution in [1.82, 2.24) is 15.0 Å². The molecule has 128 valence electrons. The van der Waals surface area contributed by atoms with Crippen LogP contribution in [0.2, 0.25) is 10.6 Å². The highest BCUT2D eigenvalue weighted by atomic mass is 35.5. The Balaban J connectivity index is 1.93. The van der Waals surface area contributed by atoms with E-state index in [1.165, 1.54) is 0 Å². The minimum Gasteiger partial charge on any atom is -0.324 e. The number of hydrogen-bond donors (Lipinski definition) is 3. The number of carbonyl (C=O) groups is 1. The van der Waals surface area contributed by atoms with Crippen LogP contribution in [0.4, 0.5) is 11.6 Å². The van der Waals surface area contributed by atoms with E-state index >= 15 is 0 Å². The van der Waals surface area contributed by atoms with Crippen molar-refractivity contribution in [2.75, 3.05) is 5.32 Å². The average Bonchev–Trinajstić information content (AvgIpc) is 2.56. The lowest BCUT2D eigenvalue weighted by molar-refractivity contribution is -0.431. The van der Waals surface area contributed by atoms with Gasteiger partial charge < -0.3 is 5.32 Å². The van der Waals surface area contributed by atoms with Crippen LogP contribution in [0.15, 0.2) is 23.1 Å². The monoisotopic (exact) mass is 399 g/mol. The normalized spacial score (nSPS) is 13.5. The van der Waals surface area contributed by atoms with Crippen LogP contribution < -0.4 is 5.32 Å². The van der Waals surface area contributed by atoms with Crippen LogP contribution in [0.3, 0.4) is 0 Å². The molecule has 0 atom stereocenters. The molecule has 0 saturated carbocycles. The van der Waals surface area contributed by atoms with Crippen LogP contribution in [0.25, 0.3) is 6.08 Å². The number of nitrogens with zero attached hydrogens (tertiary/aromatic N) is 3. The summed E-state index contributed by atoms with van der Waals surface area (Å²) in [6.07, 6.45) is 1.54. The molecule has 3 rings (SSSR count). The molecule has 3 N–H and O–H groups in total. The first-order valence-electron chi connectivity index (χ1n) is 6.46. The number of Topliss-reactive ketones (excluding diaryl/α,β-unsaturated/α-hetero) is 1. The fourth-order valence-electron chi connectivity index (χ4n) is 2.06. The number of carbonyl (C=O) groups excluding carboxylic acids is 1. The number of fused-ring (bicyclic) bond motifs is 1. The summed E-state index contributed by atoms with van der Waals surface area (Å²) >= 11 is 12.0. The molecule has 0 spiro atoms. The van der Waals surface area contributed by atoms with Gasteiger partial charge in [0.05, 0.1) is 16.9 Å². The molecule has 9 nitrogen and oxygen atoms in total. The van der Waals surface area contributed by atoms with Gasteiger partial charge in [-0.25, -0.2) is 5.26 Å². The molecule has 0 saturated heterocycles. The van der Waals surface area contributed by atoms with E-state index in [4.69, 9.17) is 33.9 Å². The first-order valence-corrected chi connectivity index (χ1v) is 7.96. The Labute approximate surface area is 154 Å². The molecule has 1 aromatic heterocycles. The molecule has 0 amide bonds. The van der Waals surface area contributed by atoms with Gasteiger partial charge in [0.25, 0.3) is 0 Å². The number of allylic oxidation sites excluding steroid dienone is 1. The summed E-state index contributed by atoms with van der Waals surface area (Å²) in [4.78, 5) is 23.8. The summed E-state index contributed by atoms with van der Waals surface area (Å²) < 4.78 is 4.30. The largest absolute Gasteiger partial charge is 0.324 e. The van der Waals surface area contributed by atoms with Crippen molar-refractivity contribution < 1.29 is 19.4 Å². The number of ketones is 1. The van der Waals surface area contributed by atoms with Crippen molar-refractivity contribution in [2.24, 2.45) is 0 Å². The third-order valence-electron chi connectivity index (χ3n) is 3.05. The van der Waals surface area contributed by atoms with Crippen LogP contribution in [0.1, 0.15) is 15.9 Å². The van der Waals surface area contributed by atoms with E-state index in [-0.39, 0.29) is 27.1 Å². The summed E-state index contributed by atoms with van der Waals surface area (Å²) in [5, 5.41) is 22.3. The maximum atomic E-state index is 12.2. The van der Waals surface area contributed by atoms with Crippen LogP contribution in [-0.4, -0.2) is 31.7 Å². The number of hydrogen-bond acceptors (Lipinski definition) is 10. The van der Waals surface area contributed by atoms with E-state index in [9.17, 15) is 4.79 Å². The zero-order chi connectivity index (χ0) is 18.0. The van der Waals surface area contributed by atoms with E-state index < -0.39 is 5.78 Å². The minimum absolute atomic E-state index is 0.0659. The molecule has 0 fully saturated rings. The Bertz CT molecular complexity index is 888. The fourth-order valence-corrected chi connectivity index (χ4v) is 2.87. The Morgan fingerprint density at radius 1 is 1.20 bits per heavy atom. The van der Waals surface area contributed by atoms with Crippen molar-refractivity contribution in [2.45, 2.75) is 0 Å². The van der Waals surface area contributed by atoms with Crippen LogP contribution >= 0.6 is 35.2 Å². The summed E-state index contributed by atoms with van der Waals surface area (Å²) in [5.74, 6) is -0.352. The van der Waals surface area contributed by atoms with E-state index in [2.05, 4.69) is 29.6 Å². The second-order valence-corrected chi connectivity index (χ2v) is 5.98. The molecule has 1 heterocycles. The predicted molar refractivity (Wildman–Crippen MR) is 92.0 cm³/mol. The van der Waals surface area contributed by atoms with E-state index in [0.29, 0.717) is 28.9 Å². The minimum atomic E-state index is -0.487. The van der Waals surface area contributed by atoms with Gasteiger partial charge in [-0.1, -0.05) is 5.04 Å². The van der Waals surface area contributed by atoms with Crippen molar-refractivity contribution in [1.29, 1.82) is 5.41 Å². The zero-order valence-electron chi connectivity index (χ0n) is 12.0. The number of aromatic nitrogens is 3. The first-order chi connectivity index (χ1) is 12.0.